The minimum absolute atomic E-state index is 0.0310. The van der Waals surface area contributed by atoms with Crippen molar-refractivity contribution in [3.05, 3.63) is 22.4 Å². The van der Waals surface area contributed by atoms with Gasteiger partial charge in [-0.05, 0) is 11.4 Å². The van der Waals surface area contributed by atoms with Crippen LogP contribution in [0.4, 0.5) is 0 Å². The Kier molecular flexibility index (Phi) is 4.42. The molecule has 0 aliphatic carbocycles. The van der Waals surface area contributed by atoms with Gasteiger partial charge in [0, 0.05) is 11.4 Å². The molecule has 0 saturated carbocycles. The first-order chi connectivity index (χ1) is 7.40. The van der Waals surface area contributed by atoms with Crippen molar-refractivity contribution in [2.24, 2.45) is 10.9 Å². The molecule has 16 heavy (non-hydrogen) atoms. The van der Waals surface area contributed by atoms with Gasteiger partial charge in [0.25, 0.3) is 0 Å². The van der Waals surface area contributed by atoms with Crippen molar-refractivity contribution in [1.29, 1.82) is 0 Å². The van der Waals surface area contributed by atoms with Crippen molar-refractivity contribution in [2.75, 3.05) is 12.3 Å². The highest BCUT2D eigenvalue weighted by atomic mass is 32.2. The van der Waals surface area contributed by atoms with Crippen LogP contribution in [0, 0.1) is 0 Å². The predicted molar refractivity (Wildman–Crippen MR) is 62.2 cm³/mol. The summed E-state index contributed by atoms with van der Waals surface area (Å²) in [6, 6.07) is 2.77. The molecule has 1 atom stereocenters. The van der Waals surface area contributed by atoms with Crippen LogP contribution in [0.5, 0.6) is 0 Å². The average Bonchev–Trinajstić information content (AvgIpc) is 2.67. The average molecular weight is 263 g/mol. The summed E-state index contributed by atoms with van der Waals surface area (Å²) in [4.78, 5) is 12.2. The van der Waals surface area contributed by atoms with Crippen LogP contribution in [-0.4, -0.2) is 26.6 Å². The van der Waals surface area contributed by atoms with E-state index in [2.05, 4.69) is 5.32 Å². The molecule has 6 nitrogen and oxygen atoms in total. The number of primary sulfonamides is 1. The van der Waals surface area contributed by atoms with Crippen molar-refractivity contribution in [1.82, 2.24) is 5.32 Å². The van der Waals surface area contributed by atoms with Gasteiger partial charge >= 0.3 is 0 Å². The Bertz CT molecular complexity index is 441. The van der Waals surface area contributed by atoms with Gasteiger partial charge in [0.05, 0.1) is 5.75 Å². The number of hydrogen-bond acceptors (Lipinski definition) is 5. The van der Waals surface area contributed by atoms with Gasteiger partial charge in [0.15, 0.2) is 0 Å². The highest BCUT2D eigenvalue weighted by Gasteiger charge is 2.16. The van der Waals surface area contributed by atoms with Crippen LogP contribution in [0.1, 0.15) is 10.9 Å². The molecular weight excluding hydrogens is 250 g/mol. The van der Waals surface area contributed by atoms with Crippen molar-refractivity contribution in [3.8, 4) is 0 Å². The molecule has 1 amide bonds. The number of nitrogens with one attached hydrogen (secondary N) is 1. The number of carbonyl (C=O) groups is 1. The van der Waals surface area contributed by atoms with Crippen LogP contribution in [0.2, 0.25) is 0 Å². The molecule has 0 aliphatic rings. The van der Waals surface area contributed by atoms with Crippen molar-refractivity contribution >= 4 is 27.3 Å². The second-order valence-corrected chi connectivity index (χ2v) is 5.86. The second kappa shape index (κ2) is 5.39. The third-order valence-electron chi connectivity index (χ3n) is 1.82. The van der Waals surface area contributed by atoms with Crippen LogP contribution >= 0.6 is 11.3 Å². The lowest BCUT2D eigenvalue weighted by Gasteiger charge is -2.09. The number of carbonyl (C=O) groups excluding carboxylic acids is 1. The molecule has 1 unspecified atom stereocenters. The monoisotopic (exact) mass is 263 g/mol. The molecule has 1 aromatic rings. The minimum atomic E-state index is -3.55. The number of thiophene rings is 1. The van der Waals surface area contributed by atoms with Crippen LogP contribution in [0.25, 0.3) is 0 Å². The maximum atomic E-state index is 11.5. The van der Waals surface area contributed by atoms with Gasteiger partial charge in [-0.1, -0.05) is 6.07 Å². The van der Waals surface area contributed by atoms with E-state index in [1.54, 1.807) is 12.1 Å². The third kappa shape index (κ3) is 4.27. The quantitative estimate of drug-likeness (QED) is 0.642. The molecule has 1 aromatic heterocycles. The van der Waals surface area contributed by atoms with Crippen LogP contribution < -0.4 is 16.2 Å². The fourth-order valence-electron chi connectivity index (χ4n) is 1.02. The zero-order valence-corrected chi connectivity index (χ0v) is 10.1. The SMILES string of the molecule is NC(C(=O)NCCS(N)(=O)=O)c1cccs1. The van der Waals surface area contributed by atoms with Crippen LogP contribution in [0.3, 0.4) is 0 Å². The number of rotatable bonds is 5. The van der Waals surface area contributed by atoms with E-state index in [4.69, 9.17) is 10.9 Å². The number of hydrogen-bond donors (Lipinski definition) is 3. The van der Waals surface area contributed by atoms with Crippen LogP contribution in [0.15, 0.2) is 17.5 Å². The lowest BCUT2D eigenvalue weighted by Crippen LogP contribution is -2.37. The van der Waals surface area contributed by atoms with E-state index in [1.807, 2.05) is 5.38 Å². The summed E-state index contributed by atoms with van der Waals surface area (Å²) in [5.41, 5.74) is 5.65. The molecule has 1 rings (SSSR count). The summed E-state index contributed by atoms with van der Waals surface area (Å²) in [6.07, 6.45) is 0. The number of sulfonamides is 1. The zero-order chi connectivity index (χ0) is 12.2. The molecule has 0 aliphatic heterocycles. The Labute approximate surface area is 97.7 Å². The fourth-order valence-corrected chi connectivity index (χ4v) is 2.14. The van der Waals surface area contributed by atoms with E-state index in [1.165, 1.54) is 11.3 Å². The Morgan fingerprint density at radius 1 is 1.56 bits per heavy atom. The van der Waals surface area contributed by atoms with Crippen LogP contribution in [-0.2, 0) is 14.8 Å². The maximum Gasteiger partial charge on any atom is 0.242 e. The van der Waals surface area contributed by atoms with Gasteiger partial charge < -0.3 is 11.1 Å². The van der Waals surface area contributed by atoms with E-state index in [0.29, 0.717) is 0 Å². The smallest absolute Gasteiger partial charge is 0.242 e. The topological polar surface area (TPSA) is 115 Å². The van der Waals surface area contributed by atoms with Gasteiger partial charge in [-0.15, -0.1) is 11.3 Å². The summed E-state index contributed by atoms with van der Waals surface area (Å²) >= 11 is 1.37. The Balaban J connectivity index is 2.42. The van der Waals surface area contributed by atoms with E-state index >= 15 is 0 Å². The molecule has 0 radical (unpaired) electrons. The molecular formula is C8H13N3O3S2. The van der Waals surface area contributed by atoms with Crippen molar-refractivity contribution in [2.45, 2.75) is 6.04 Å². The van der Waals surface area contributed by atoms with E-state index in [0.717, 1.165) is 4.88 Å². The van der Waals surface area contributed by atoms with Gasteiger partial charge in [-0.3, -0.25) is 4.79 Å². The summed E-state index contributed by atoms with van der Waals surface area (Å²) < 4.78 is 21.2. The lowest BCUT2D eigenvalue weighted by atomic mass is 10.2. The molecule has 8 heteroatoms. The summed E-state index contributed by atoms with van der Waals surface area (Å²) in [5.74, 6) is -0.707. The molecule has 0 saturated heterocycles. The highest BCUT2D eigenvalue weighted by Crippen LogP contribution is 2.16. The molecule has 5 N–H and O–H groups in total. The van der Waals surface area contributed by atoms with Crippen molar-refractivity contribution in [3.63, 3.8) is 0 Å². The summed E-state index contributed by atoms with van der Waals surface area (Å²) in [5, 5.41) is 9.01. The molecule has 0 bridgehead atoms. The second-order valence-electron chi connectivity index (χ2n) is 3.15. The van der Waals surface area contributed by atoms with E-state index in [9.17, 15) is 13.2 Å². The first kappa shape index (κ1) is 13.1. The highest BCUT2D eigenvalue weighted by molar-refractivity contribution is 7.89. The normalized spacial score (nSPS) is 13.4. The molecule has 90 valence electrons. The lowest BCUT2D eigenvalue weighted by molar-refractivity contribution is -0.122. The Morgan fingerprint density at radius 3 is 2.75 bits per heavy atom. The summed E-state index contributed by atoms with van der Waals surface area (Å²) in [6.45, 7) is -0.0310. The van der Waals surface area contributed by atoms with E-state index < -0.39 is 22.0 Å². The van der Waals surface area contributed by atoms with Gasteiger partial charge in [0.1, 0.15) is 6.04 Å². The first-order valence-corrected chi connectivity index (χ1v) is 7.07. The third-order valence-corrected chi connectivity index (χ3v) is 3.55. The predicted octanol–water partition coefficient (Wildman–Crippen LogP) is -0.847. The fraction of sp³-hybridized carbons (Fsp3) is 0.375. The van der Waals surface area contributed by atoms with Gasteiger partial charge in [-0.25, -0.2) is 13.6 Å². The first-order valence-electron chi connectivity index (χ1n) is 4.47. The Morgan fingerprint density at radius 2 is 2.25 bits per heavy atom. The zero-order valence-electron chi connectivity index (χ0n) is 8.42. The molecule has 1 heterocycles. The minimum Gasteiger partial charge on any atom is -0.353 e. The largest absolute Gasteiger partial charge is 0.353 e. The molecule has 0 spiro atoms. The van der Waals surface area contributed by atoms with Crippen molar-refractivity contribution < 1.29 is 13.2 Å². The van der Waals surface area contributed by atoms with Gasteiger partial charge in [0.2, 0.25) is 15.9 Å². The number of amides is 1. The van der Waals surface area contributed by atoms with Gasteiger partial charge in [-0.2, -0.15) is 0 Å². The maximum absolute atomic E-state index is 11.5. The van der Waals surface area contributed by atoms with E-state index in [-0.39, 0.29) is 12.3 Å². The number of nitrogens with two attached hydrogens (primary N) is 2. The standard InChI is InChI=1S/C8H13N3O3S2/c9-7(6-2-1-4-15-6)8(12)11-3-5-16(10,13)14/h1-2,4,7H,3,5,9H2,(H,11,12)(H2,10,13,14). The molecule has 0 aromatic carbocycles. The Hall–Kier alpha value is -0.960. The summed E-state index contributed by atoms with van der Waals surface area (Å²) in [7, 11) is -3.55. The molecule has 0 fully saturated rings.